The van der Waals surface area contributed by atoms with Gasteiger partial charge < -0.3 is 10.1 Å². The second-order valence-corrected chi connectivity index (χ2v) is 6.33. The fraction of sp³-hybridized carbons (Fsp3) is 0.471. The number of methoxy groups -OCH3 is 1. The van der Waals surface area contributed by atoms with E-state index in [4.69, 9.17) is 0 Å². The van der Waals surface area contributed by atoms with Crippen molar-refractivity contribution in [3.05, 3.63) is 40.4 Å². The maximum absolute atomic E-state index is 13.6. The molecule has 0 bridgehead atoms. The highest BCUT2D eigenvalue weighted by Crippen LogP contribution is 2.38. The molecule has 1 aromatic heterocycles. The van der Waals surface area contributed by atoms with Crippen LogP contribution in [0.3, 0.4) is 0 Å². The van der Waals surface area contributed by atoms with E-state index in [0.717, 1.165) is 7.11 Å². The van der Waals surface area contributed by atoms with Crippen molar-refractivity contribution in [1.29, 1.82) is 0 Å². The van der Waals surface area contributed by atoms with Crippen LogP contribution >= 0.6 is 0 Å². The van der Waals surface area contributed by atoms with Crippen molar-refractivity contribution in [3.8, 4) is 0 Å². The fourth-order valence-electron chi connectivity index (χ4n) is 2.74. The van der Waals surface area contributed by atoms with Crippen molar-refractivity contribution >= 4 is 11.8 Å². The van der Waals surface area contributed by atoms with E-state index in [1.165, 1.54) is 12.3 Å². The Bertz CT molecular complexity index is 788. The molecule has 0 fully saturated rings. The Morgan fingerprint density at radius 1 is 1.26 bits per heavy atom. The Morgan fingerprint density at radius 2 is 1.85 bits per heavy atom. The first-order valence-electron chi connectivity index (χ1n) is 7.96. The zero-order valence-corrected chi connectivity index (χ0v) is 14.7. The molecule has 0 saturated carbocycles. The molecule has 1 N–H and O–H groups in total. The molecule has 0 aliphatic carbocycles. The van der Waals surface area contributed by atoms with E-state index in [0.29, 0.717) is 0 Å². The molecule has 5 nitrogen and oxygen atoms in total. The number of pyridine rings is 1. The van der Waals surface area contributed by atoms with E-state index >= 15 is 0 Å². The van der Waals surface area contributed by atoms with Crippen molar-refractivity contribution in [1.82, 2.24) is 10.3 Å². The Balaban J connectivity index is 2.93. The van der Waals surface area contributed by atoms with Crippen LogP contribution in [-0.2, 0) is 17.3 Å². The molecule has 2 heterocycles. The Hall–Kier alpha value is -2.52. The highest BCUT2D eigenvalue weighted by atomic mass is 19.4. The summed E-state index contributed by atoms with van der Waals surface area (Å²) in [7, 11) is 0.909. The maximum Gasteiger partial charge on any atom is 0.434 e. The molecular formula is C17H17F5N2O3. The van der Waals surface area contributed by atoms with Crippen LogP contribution in [0.1, 0.15) is 57.9 Å². The Morgan fingerprint density at radius 3 is 2.22 bits per heavy atom. The van der Waals surface area contributed by atoms with Crippen LogP contribution in [0.25, 0.3) is 0 Å². The molecule has 1 aliphatic heterocycles. The lowest BCUT2D eigenvalue weighted by Crippen LogP contribution is -2.40. The van der Waals surface area contributed by atoms with Gasteiger partial charge in [0.05, 0.1) is 18.2 Å². The van der Waals surface area contributed by atoms with Crippen LogP contribution in [0.5, 0.6) is 0 Å². The smallest absolute Gasteiger partial charge is 0.434 e. The maximum atomic E-state index is 13.6. The zero-order valence-electron chi connectivity index (χ0n) is 14.7. The van der Waals surface area contributed by atoms with E-state index in [9.17, 15) is 31.5 Å². The molecule has 0 spiro atoms. The van der Waals surface area contributed by atoms with Gasteiger partial charge in [-0.1, -0.05) is 13.8 Å². The fourth-order valence-corrected chi connectivity index (χ4v) is 2.74. The van der Waals surface area contributed by atoms with Crippen LogP contribution in [0.15, 0.2) is 12.3 Å². The van der Waals surface area contributed by atoms with E-state index in [-0.39, 0.29) is 12.3 Å². The normalized spacial score (nSPS) is 16.3. The van der Waals surface area contributed by atoms with Gasteiger partial charge in [-0.15, -0.1) is 0 Å². The van der Waals surface area contributed by atoms with Gasteiger partial charge in [-0.3, -0.25) is 4.79 Å². The summed E-state index contributed by atoms with van der Waals surface area (Å²) in [6, 6.07) is -1.05. The quantitative estimate of drug-likeness (QED) is 0.454. The van der Waals surface area contributed by atoms with Crippen LogP contribution in [0.4, 0.5) is 22.0 Å². The summed E-state index contributed by atoms with van der Waals surface area (Å²) in [6.07, 6.45) is -6.16. The van der Waals surface area contributed by atoms with Gasteiger partial charge in [-0.25, -0.2) is 18.6 Å². The lowest BCUT2D eigenvalue weighted by atomic mass is 9.86. The number of carbonyl (C=O) groups excluding carboxylic acids is 2. The average molecular weight is 392 g/mol. The summed E-state index contributed by atoms with van der Waals surface area (Å²) in [5.41, 5.74) is -5.18. The summed E-state index contributed by atoms with van der Waals surface area (Å²) in [5, 5.41) is 2.51. The van der Waals surface area contributed by atoms with E-state index in [2.05, 4.69) is 15.0 Å². The van der Waals surface area contributed by atoms with Gasteiger partial charge in [0.1, 0.15) is 11.7 Å². The van der Waals surface area contributed by atoms with Gasteiger partial charge in [0.2, 0.25) is 0 Å². The largest absolute Gasteiger partial charge is 0.465 e. The van der Waals surface area contributed by atoms with Crippen LogP contribution in [0, 0.1) is 5.92 Å². The summed E-state index contributed by atoms with van der Waals surface area (Å²) in [6.45, 7) is 3.24. The first-order valence-corrected chi connectivity index (χ1v) is 7.96. The predicted octanol–water partition coefficient (Wildman–Crippen LogP) is 3.69. The number of halogens is 5. The van der Waals surface area contributed by atoms with E-state index in [1.54, 1.807) is 13.8 Å². The highest BCUT2D eigenvalue weighted by molar-refractivity contribution is 6.07. The Labute approximate surface area is 151 Å². The summed E-state index contributed by atoms with van der Waals surface area (Å²) >= 11 is 0. The molecule has 0 amide bonds. The summed E-state index contributed by atoms with van der Waals surface area (Å²) in [4.78, 5) is 27.8. The van der Waals surface area contributed by atoms with Crippen molar-refractivity contribution in [2.75, 3.05) is 7.11 Å². The first kappa shape index (κ1) is 20.8. The van der Waals surface area contributed by atoms with E-state index < -0.39 is 58.5 Å². The number of ketones is 1. The molecule has 1 atom stereocenters. The van der Waals surface area contributed by atoms with E-state index in [1.807, 2.05) is 0 Å². The zero-order chi connectivity index (χ0) is 20.5. The molecule has 27 heavy (non-hydrogen) atoms. The Kier molecular flexibility index (Phi) is 5.86. The number of carbonyl (C=O) groups is 2. The third-order valence-electron chi connectivity index (χ3n) is 3.90. The number of hydrogen-bond acceptors (Lipinski definition) is 5. The number of esters is 1. The van der Waals surface area contributed by atoms with Crippen LogP contribution in [-0.4, -0.2) is 29.9 Å². The monoisotopic (exact) mass is 392 g/mol. The second-order valence-electron chi connectivity index (χ2n) is 6.33. The standard InChI is InChI=1S/C17H17F5N2O3/c1-7(2)6-8-10(16(26)27-3)12(15(18)19)24-14(17(20,21)22)11(8)13(25)9-4-5-23-9/h4-5,7,9,15,23H,6H2,1-3H3. The number of ether oxygens (including phenoxy) is 1. The van der Waals surface area contributed by atoms with Gasteiger partial charge in [0.25, 0.3) is 6.43 Å². The van der Waals surface area contributed by atoms with Gasteiger partial charge in [-0.05, 0) is 30.2 Å². The molecule has 2 rings (SSSR count). The van der Waals surface area contributed by atoms with Gasteiger partial charge in [0.15, 0.2) is 11.5 Å². The number of rotatable bonds is 6. The van der Waals surface area contributed by atoms with Crippen molar-refractivity contribution in [3.63, 3.8) is 0 Å². The summed E-state index contributed by atoms with van der Waals surface area (Å²) in [5.74, 6) is -2.61. The number of alkyl halides is 5. The second kappa shape index (κ2) is 7.61. The molecule has 0 saturated heterocycles. The molecule has 1 unspecified atom stereocenters. The minimum atomic E-state index is -5.16. The molecule has 0 aromatic carbocycles. The topological polar surface area (TPSA) is 68.3 Å². The SMILES string of the molecule is COC(=O)c1c(C(F)F)nc(C(F)(F)F)c(C(=O)C2C=CN2)c1CC(C)C. The number of hydrogen-bond donors (Lipinski definition) is 1. The molecular weight excluding hydrogens is 375 g/mol. The average Bonchev–Trinajstić information content (AvgIpc) is 2.49. The van der Waals surface area contributed by atoms with Crippen molar-refractivity contribution in [2.45, 2.75) is 38.9 Å². The lowest BCUT2D eigenvalue weighted by molar-refractivity contribution is -0.141. The molecule has 148 valence electrons. The minimum Gasteiger partial charge on any atom is -0.465 e. The first-order chi connectivity index (χ1) is 12.5. The molecule has 1 aromatic rings. The van der Waals surface area contributed by atoms with Gasteiger partial charge in [-0.2, -0.15) is 13.2 Å². The third-order valence-corrected chi connectivity index (χ3v) is 3.90. The van der Waals surface area contributed by atoms with Crippen molar-refractivity contribution < 1.29 is 36.3 Å². The lowest BCUT2D eigenvalue weighted by Gasteiger charge is -2.25. The number of Topliss-reactive ketones (excluding diaryl/α,β-unsaturated/α-hetero) is 1. The van der Waals surface area contributed by atoms with Crippen LogP contribution in [0.2, 0.25) is 0 Å². The summed E-state index contributed by atoms with van der Waals surface area (Å²) < 4.78 is 72.0. The number of nitrogens with zero attached hydrogens (tertiary/aromatic N) is 1. The molecule has 0 radical (unpaired) electrons. The number of aromatic nitrogens is 1. The minimum absolute atomic E-state index is 0.215. The highest BCUT2D eigenvalue weighted by Gasteiger charge is 2.43. The predicted molar refractivity (Wildman–Crippen MR) is 84.5 cm³/mol. The third kappa shape index (κ3) is 4.09. The van der Waals surface area contributed by atoms with Gasteiger partial charge >= 0.3 is 12.1 Å². The number of nitrogens with one attached hydrogen (secondary N) is 1. The van der Waals surface area contributed by atoms with Crippen LogP contribution < -0.4 is 5.32 Å². The molecule has 1 aliphatic rings. The van der Waals surface area contributed by atoms with Gasteiger partial charge in [0, 0.05) is 0 Å². The molecule has 10 heteroatoms. The van der Waals surface area contributed by atoms with Crippen molar-refractivity contribution in [2.24, 2.45) is 5.92 Å².